The Balaban J connectivity index is 1.33. The van der Waals surface area contributed by atoms with Crippen LogP contribution in [0.3, 0.4) is 0 Å². The minimum Gasteiger partial charge on any atom is -0.367 e. The summed E-state index contributed by atoms with van der Waals surface area (Å²) in [6, 6.07) is 15.8. The third kappa shape index (κ3) is 4.87. The van der Waals surface area contributed by atoms with Crippen LogP contribution in [0.25, 0.3) is 0 Å². The minimum absolute atomic E-state index is 0.00114. The van der Waals surface area contributed by atoms with E-state index in [-0.39, 0.29) is 23.6 Å². The van der Waals surface area contributed by atoms with E-state index >= 15 is 0 Å². The second-order valence-corrected chi connectivity index (χ2v) is 11.8. The van der Waals surface area contributed by atoms with Gasteiger partial charge in [-0.3, -0.25) is 4.79 Å². The first-order valence-electron chi connectivity index (χ1n) is 12.0. The third-order valence-electron chi connectivity index (χ3n) is 7.70. The highest BCUT2D eigenvalue weighted by atomic mass is 35.5. The van der Waals surface area contributed by atoms with Gasteiger partial charge in [0.05, 0.1) is 0 Å². The quantitative estimate of drug-likeness (QED) is 0.428. The fraction of sp³-hybridized carbons (Fsp3) is 0.519. The standard InChI is InChI=1S/C27H30ClF2NO2S/c1-18-2-8-22(9-3-18)34-23-12-15-33-24(23)25(32)31(16-19-4-6-20(28)7-5-19)21-10-13-26(14-11-21)17-27(26,29)30/h2-9,21,23-24H,10-17H2,1H3/t21?,23-,24-,26?/m0/s1. The zero-order valence-electron chi connectivity index (χ0n) is 19.3. The molecule has 1 spiro atoms. The van der Waals surface area contributed by atoms with Crippen LogP contribution < -0.4 is 0 Å². The van der Waals surface area contributed by atoms with Gasteiger partial charge in [-0.1, -0.05) is 41.4 Å². The lowest BCUT2D eigenvalue weighted by molar-refractivity contribution is -0.145. The highest BCUT2D eigenvalue weighted by Gasteiger charge is 2.70. The number of alkyl halides is 2. The van der Waals surface area contributed by atoms with Crippen molar-refractivity contribution in [1.29, 1.82) is 0 Å². The molecule has 2 aliphatic carbocycles. The van der Waals surface area contributed by atoms with Crippen molar-refractivity contribution in [1.82, 2.24) is 4.90 Å². The molecule has 2 saturated carbocycles. The zero-order valence-corrected chi connectivity index (χ0v) is 20.9. The number of thioether (sulfide) groups is 1. The molecule has 3 fully saturated rings. The number of amides is 1. The summed E-state index contributed by atoms with van der Waals surface area (Å²) < 4.78 is 33.9. The number of hydrogen-bond acceptors (Lipinski definition) is 3. The number of ether oxygens (including phenoxy) is 1. The van der Waals surface area contributed by atoms with Crippen molar-refractivity contribution in [2.24, 2.45) is 5.41 Å². The number of aryl methyl sites for hydroxylation is 1. The summed E-state index contributed by atoms with van der Waals surface area (Å²) in [6.45, 7) is 3.04. The summed E-state index contributed by atoms with van der Waals surface area (Å²) in [6.07, 6.45) is 2.44. The summed E-state index contributed by atoms with van der Waals surface area (Å²) in [5.41, 5.74) is 1.35. The van der Waals surface area contributed by atoms with Crippen LogP contribution >= 0.6 is 23.4 Å². The van der Waals surface area contributed by atoms with Crippen molar-refractivity contribution in [3.63, 3.8) is 0 Å². The van der Waals surface area contributed by atoms with Crippen LogP contribution in [-0.4, -0.2) is 40.7 Å². The number of nitrogens with zero attached hydrogens (tertiary/aromatic N) is 1. The Labute approximate surface area is 209 Å². The zero-order chi connectivity index (χ0) is 23.9. The van der Waals surface area contributed by atoms with Gasteiger partial charge in [-0.2, -0.15) is 0 Å². The Morgan fingerprint density at radius 2 is 1.74 bits per heavy atom. The largest absolute Gasteiger partial charge is 0.367 e. The molecular formula is C27H30ClF2NO2S. The Hall–Kier alpha value is -1.63. The lowest BCUT2D eigenvalue weighted by Crippen LogP contribution is -2.49. The van der Waals surface area contributed by atoms with Crippen molar-refractivity contribution < 1.29 is 18.3 Å². The average Bonchev–Trinajstić information content (AvgIpc) is 3.12. The van der Waals surface area contributed by atoms with Crippen LogP contribution in [0.5, 0.6) is 0 Å². The van der Waals surface area contributed by atoms with Gasteiger partial charge in [0, 0.05) is 46.2 Å². The first kappa shape index (κ1) is 24.1. The highest BCUT2D eigenvalue weighted by molar-refractivity contribution is 8.00. The second-order valence-electron chi connectivity index (χ2n) is 10.0. The molecule has 0 radical (unpaired) electrons. The molecule has 2 aromatic carbocycles. The van der Waals surface area contributed by atoms with Crippen molar-refractivity contribution >= 4 is 29.3 Å². The van der Waals surface area contributed by atoms with Crippen molar-refractivity contribution in [2.75, 3.05) is 6.61 Å². The van der Waals surface area contributed by atoms with Gasteiger partial charge in [0.15, 0.2) is 0 Å². The maximum Gasteiger partial charge on any atom is 0.254 e. The van der Waals surface area contributed by atoms with Crippen molar-refractivity contribution in [3.05, 3.63) is 64.7 Å². The SMILES string of the molecule is Cc1ccc(S[C@H]2CCO[C@@H]2C(=O)N(Cc2ccc(Cl)cc2)C2CCC3(CC2)CC3(F)F)cc1. The van der Waals surface area contributed by atoms with Gasteiger partial charge in [-0.05, 0) is 68.9 Å². The summed E-state index contributed by atoms with van der Waals surface area (Å²) in [5, 5.41) is 0.677. The predicted octanol–water partition coefficient (Wildman–Crippen LogP) is 6.89. The molecule has 182 valence electrons. The van der Waals surface area contributed by atoms with E-state index in [1.165, 1.54) is 5.56 Å². The van der Waals surface area contributed by atoms with Crippen molar-refractivity contribution in [3.8, 4) is 0 Å². The predicted molar refractivity (Wildman–Crippen MR) is 131 cm³/mol. The summed E-state index contributed by atoms with van der Waals surface area (Å²) in [7, 11) is 0. The topological polar surface area (TPSA) is 29.5 Å². The molecule has 7 heteroatoms. The molecule has 1 saturated heterocycles. The maximum atomic E-state index is 14.0. The molecule has 2 atom stereocenters. The van der Waals surface area contributed by atoms with Gasteiger partial charge in [0.25, 0.3) is 11.8 Å². The molecule has 34 heavy (non-hydrogen) atoms. The van der Waals surface area contributed by atoms with Gasteiger partial charge < -0.3 is 9.64 Å². The van der Waals surface area contributed by atoms with Crippen LogP contribution in [0.4, 0.5) is 8.78 Å². The van der Waals surface area contributed by atoms with Gasteiger partial charge in [0.2, 0.25) is 0 Å². The molecule has 3 aliphatic rings. The fourth-order valence-electron chi connectivity index (χ4n) is 5.44. The lowest BCUT2D eigenvalue weighted by Gasteiger charge is -2.39. The van der Waals surface area contributed by atoms with E-state index in [0.29, 0.717) is 43.9 Å². The molecule has 0 N–H and O–H groups in total. The summed E-state index contributed by atoms with van der Waals surface area (Å²) in [4.78, 5) is 16.9. The van der Waals surface area contributed by atoms with E-state index in [9.17, 15) is 13.6 Å². The second kappa shape index (κ2) is 9.44. The number of benzene rings is 2. The number of halogens is 3. The Bertz CT molecular complexity index is 1020. The van der Waals surface area contributed by atoms with Crippen LogP contribution in [0.15, 0.2) is 53.4 Å². The highest BCUT2D eigenvalue weighted by Crippen LogP contribution is 2.67. The van der Waals surface area contributed by atoms with E-state index in [1.54, 1.807) is 11.8 Å². The van der Waals surface area contributed by atoms with E-state index < -0.39 is 17.4 Å². The molecular weight excluding hydrogens is 476 g/mol. The van der Waals surface area contributed by atoms with Crippen LogP contribution in [0.2, 0.25) is 5.02 Å². The molecule has 2 aromatic rings. The van der Waals surface area contributed by atoms with Crippen LogP contribution in [0.1, 0.15) is 49.7 Å². The van der Waals surface area contributed by atoms with Gasteiger partial charge in [-0.15, -0.1) is 11.8 Å². The fourth-order valence-corrected chi connectivity index (χ4v) is 6.74. The number of carbonyl (C=O) groups is 1. The third-order valence-corrected chi connectivity index (χ3v) is 9.28. The number of carbonyl (C=O) groups excluding carboxylic acids is 1. The molecule has 0 aromatic heterocycles. The van der Waals surface area contributed by atoms with E-state index in [0.717, 1.165) is 16.9 Å². The number of rotatable bonds is 6. The lowest BCUT2D eigenvalue weighted by atomic mass is 9.82. The normalized spacial score (nSPS) is 29.8. The molecule has 3 nitrogen and oxygen atoms in total. The van der Waals surface area contributed by atoms with E-state index in [2.05, 4.69) is 31.2 Å². The summed E-state index contributed by atoms with van der Waals surface area (Å²) >= 11 is 7.75. The summed E-state index contributed by atoms with van der Waals surface area (Å²) in [5.74, 6) is -2.56. The molecule has 0 bridgehead atoms. The Morgan fingerprint density at radius 3 is 2.35 bits per heavy atom. The van der Waals surface area contributed by atoms with Gasteiger partial charge in [0.1, 0.15) is 6.10 Å². The first-order chi connectivity index (χ1) is 16.3. The monoisotopic (exact) mass is 505 g/mol. The minimum atomic E-state index is -2.53. The van der Waals surface area contributed by atoms with Crippen molar-refractivity contribution in [2.45, 2.75) is 80.2 Å². The molecule has 5 rings (SSSR count). The van der Waals surface area contributed by atoms with E-state index in [1.807, 2.05) is 29.2 Å². The molecule has 1 aliphatic heterocycles. The smallest absolute Gasteiger partial charge is 0.254 e. The van der Waals surface area contributed by atoms with Gasteiger partial charge >= 0.3 is 0 Å². The van der Waals surface area contributed by atoms with Gasteiger partial charge in [-0.25, -0.2) is 8.78 Å². The molecule has 1 heterocycles. The molecule has 1 amide bonds. The first-order valence-corrected chi connectivity index (χ1v) is 13.3. The Kier molecular flexibility index (Phi) is 6.68. The van der Waals surface area contributed by atoms with E-state index in [4.69, 9.17) is 16.3 Å². The maximum absolute atomic E-state index is 14.0. The van der Waals surface area contributed by atoms with Crippen LogP contribution in [0, 0.1) is 12.3 Å². The number of hydrogen-bond donors (Lipinski definition) is 0. The average molecular weight is 506 g/mol. The molecule has 0 unspecified atom stereocenters. The Morgan fingerprint density at radius 1 is 1.09 bits per heavy atom. The van der Waals surface area contributed by atoms with Crippen LogP contribution in [-0.2, 0) is 16.1 Å².